The molecular weight excluding hydrogens is 535 g/mol. The molecule has 1 aliphatic heterocycles. The summed E-state index contributed by atoms with van der Waals surface area (Å²) < 4.78 is 12.0. The third-order valence-corrected chi connectivity index (χ3v) is 6.45. The quantitative estimate of drug-likeness (QED) is 0.169. The Bertz CT molecular complexity index is 1390. The fourth-order valence-corrected chi connectivity index (χ4v) is 4.26. The van der Waals surface area contributed by atoms with Crippen molar-refractivity contribution in [3.05, 3.63) is 105 Å². The molecule has 1 N–H and O–H groups in total. The van der Waals surface area contributed by atoms with Crippen molar-refractivity contribution in [3.63, 3.8) is 0 Å². The van der Waals surface area contributed by atoms with Crippen molar-refractivity contribution in [1.29, 1.82) is 0 Å². The number of nitrogens with zero attached hydrogens (tertiary/aromatic N) is 1. The maximum atomic E-state index is 13.1. The molecular formula is C28H23Cl3N2O4. The van der Waals surface area contributed by atoms with Crippen LogP contribution in [0, 0.1) is 0 Å². The molecule has 0 spiro atoms. The number of rotatable bonds is 9. The van der Waals surface area contributed by atoms with Crippen LogP contribution in [0.25, 0.3) is 6.08 Å². The van der Waals surface area contributed by atoms with Gasteiger partial charge in [0.25, 0.3) is 5.91 Å². The van der Waals surface area contributed by atoms with E-state index >= 15 is 0 Å². The Kier molecular flexibility index (Phi) is 8.44. The van der Waals surface area contributed by atoms with Crippen LogP contribution in [0.3, 0.4) is 0 Å². The van der Waals surface area contributed by atoms with E-state index in [1.807, 2.05) is 19.1 Å². The fourth-order valence-electron chi connectivity index (χ4n) is 3.81. The van der Waals surface area contributed by atoms with Crippen molar-refractivity contribution in [2.24, 2.45) is 0 Å². The molecule has 3 aromatic carbocycles. The van der Waals surface area contributed by atoms with Gasteiger partial charge in [0.15, 0.2) is 11.5 Å². The van der Waals surface area contributed by atoms with Gasteiger partial charge in [0.1, 0.15) is 12.3 Å². The van der Waals surface area contributed by atoms with Crippen molar-refractivity contribution in [2.75, 3.05) is 11.5 Å². The number of carbonyl (C=O) groups is 2. The summed E-state index contributed by atoms with van der Waals surface area (Å²) in [5.74, 6) is 0.579. The zero-order chi connectivity index (χ0) is 26.5. The van der Waals surface area contributed by atoms with E-state index in [9.17, 15) is 9.59 Å². The molecule has 0 aliphatic carbocycles. The highest BCUT2D eigenvalue weighted by molar-refractivity contribution is 6.42. The molecule has 3 aromatic rings. The standard InChI is InChI=1S/C28H23Cl3N2O4/c1-3-5-19-12-18(14-24-27(34)33(28(35)32-24)21-9-7-20(29)8-10-21)15-25(36-4-2)26(19)37-16-17-6-11-22(30)23(31)13-17/h3,6-15H,1,4-5,16H2,2H3,(H,32,35)/b24-14+. The molecule has 1 aliphatic rings. The first kappa shape index (κ1) is 26.6. The number of halogens is 3. The minimum atomic E-state index is -0.545. The lowest BCUT2D eigenvalue weighted by Gasteiger charge is -2.17. The number of imide groups is 1. The maximum absolute atomic E-state index is 13.1. The first-order valence-electron chi connectivity index (χ1n) is 11.4. The van der Waals surface area contributed by atoms with Crippen LogP contribution in [0.5, 0.6) is 11.5 Å². The molecule has 1 fully saturated rings. The second-order valence-electron chi connectivity index (χ2n) is 8.08. The van der Waals surface area contributed by atoms with Gasteiger partial charge in [-0.25, -0.2) is 9.69 Å². The first-order valence-corrected chi connectivity index (χ1v) is 12.5. The molecule has 0 atom stereocenters. The maximum Gasteiger partial charge on any atom is 0.333 e. The van der Waals surface area contributed by atoms with Crippen LogP contribution in [0.2, 0.25) is 15.1 Å². The van der Waals surface area contributed by atoms with Gasteiger partial charge in [-0.2, -0.15) is 0 Å². The zero-order valence-electron chi connectivity index (χ0n) is 19.9. The molecule has 0 saturated carbocycles. The molecule has 0 aromatic heterocycles. The number of amides is 3. The smallest absolute Gasteiger partial charge is 0.333 e. The van der Waals surface area contributed by atoms with Gasteiger partial charge in [0.2, 0.25) is 0 Å². The SMILES string of the molecule is C=CCc1cc(/C=C2/NC(=O)N(c3ccc(Cl)cc3)C2=O)cc(OCC)c1OCc1ccc(Cl)c(Cl)c1. The summed E-state index contributed by atoms with van der Waals surface area (Å²) in [7, 11) is 0. The van der Waals surface area contributed by atoms with E-state index in [4.69, 9.17) is 44.3 Å². The molecule has 0 radical (unpaired) electrons. The summed E-state index contributed by atoms with van der Waals surface area (Å²) in [5, 5.41) is 4.05. The molecule has 4 rings (SSSR count). The molecule has 1 heterocycles. The average Bonchev–Trinajstić information content (AvgIpc) is 3.14. The van der Waals surface area contributed by atoms with Crippen molar-refractivity contribution in [2.45, 2.75) is 20.0 Å². The Labute approximate surface area is 230 Å². The van der Waals surface area contributed by atoms with E-state index in [0.29, 0.717) is 50.8 Å². The predicted octanol–water partition coefficient (Wildman–Crippen LogP) is 7.45. The number of allylic oxidation sites excluding steroid dienone is 1. The highest BCUT2D eigenvalue weighted by Gasteiger charge is 2.35. The lowest BCUT2D eigenvalue weighted by molar-refractivity contribution is -0.113. The second-order valence-corrected chi connectivity index (χ2v) is 9.33. The van der Waals surface area contributed by atoms with Crippen LogP contribution in [-0.2, 0) is 17.8 Å². The van der Waals surface area contributed by atoms with E-state index in [-0.39, 0.29) is 12.3 Å². The highest BCUT2D eigenvalue weighted by Crippen LogP contribution is 2.36. The number of hydrogen-bond donors (Lipinski definition) is 1. The average molecular weight is 558 g/mol. The van der Waals surface area contributed by atoms with Crippen LogP contribution in [0.4, 0.5) is 10.5 Å². The molecule has 3 amide bonds. The Hall–Kier alpha value is -3.45. The third kappa shape index (κ3) is 6.10. The van der Waals surface area contributed by atoms with Crippen LogP contribution in [0.1, 0.15) is 23.6 Å². The molecule has 190 valence electrons. The number of anilines is 1. The van der Waals surface area contributed by atoms with E-state index < -0.39 is 11.9 Å². The van der Waals surface area contributed by atoms with E-state index in [0.717, 1.165) is 16.0 Å². The summed E-state index contributed by atoms with van der Waals surface area (Å²) in [6.07, 6.45) is 3.85. The van der Waals surface area contributed by atoms with E-state index in [2.05, 4.69) is 11.9 Å². The lowest BCUT2D eigenvalue weighted by atomic mass is 10.0. The number of ether oxygens (including phenoxy) is 2. The summed E-state index contributed by atoms with van der Waals surface area (Å²) in [5.41, 5.74) is 2.86. The number of carbonyl (C=O) groups excluding carboxylic acids is 2. The van der Waals surface area contributed by atoms with Crippen molar-refractivity contribution < 1.29 is 19.1 Å². The van der Waals surface area contributed by atoms with Crippen LogP contribution < -0.4 is 19.7 Å². The van der Waals surface area contributed by atoms with Gasteiger partial charge in [-0.15, -0.1) is 6.58 Å². The largest absolute Gasteiger partial charge is 0.490 e. The normalized spacial score (nSPS) is 14.2. The number of urea groups is 1. The summed E-state index contributed by atoms with van der Waals surface area (Å²) in [4.78, 5) is 26.7. The Morgan fingerprint density at radius 1 is 0.973 bits per heavy atom. The lowest BCUT2D eigenvalue weighted by Crippen LogP contribution is -2.30. The highest BCUT2D eigenvalue weighted by atomic mass is 35.5. The zero-order valence-corrected chi connectivity index (χ0v) is 22.2. The Morgan fingerprint density at radius 2 is 1.73 bits per heavy atom. The van der Waals surface area contributed by atoms with Gasteiger partial charge in [0.05, 0.1) is 22.3 Å². The fraction of sp³-hybridized carbons (Fsp3) is 0.143. The molecule has 6 nitrogen and oxygen atoms in total. The third-order valence-electron chi connectivity index (χ3n) is 5.46. The number of hydrogen-bond acceptors (Lipinski definition) is 4. The molecule has 0 unspecified atom stereocenters. The second kappa shape index (κ2) is 11.7. The Morgan fingerprint density at radius 3 is 2.41 bits per heavy atom. The summed E-state index contributed by atoms with van der Waals surface area (Å²) in [6.45, 7) is 6.35. The van der Waals surface area contributed by atoms with Crippen LogP contribution in [-0.4, -0.2) is 18.5 Å². The van der Waals surface area contributed by atoms with Crippen LogP contribution in [0.15, 0.2) is 72.9 Å². The summed E-state index contributed by atoms with van der Waals surface area (Å²) >= 11 is 18.1. The van der Waals surface area contributed by atoms with Gasteiger partial charge in [-0.05, 0) is 79.1 Å². The van der Waals surface area contributed by atoms with Crippen LogP contribution >= 0.6 is 34.8 Å². The van der Waals surface area contributed by atoms with Gasteiger partial charge >= 0.3 is 6.03 Å². The number of nitrogens with one attached hydrogen (secondary N) is 1. The predicted molar refractivity (Wildman–Crippen MR) is 148 cm³/mol. The minimum Gasteiger partial charge on any atom is -0.490 e. The first-order chi connectivity index (χ1) is 17.8. The molecule has 1 saturated heterocycles. The van der Waals surface area contributed by atoms with Crippen molar-refractivity contribution in [1.82, 2.24) is 5.32 Å². The minimum absolute atomic E-state index is 0.136. The molecule has 37 heavy (non-hydrogen) atoms. The number of benzene rings is 3. The van der Waals surface area contributed by atoms with Gasteiger partial charge < -0.3 is 14.8 Å². The van der Waals surface area contributed by atoms with E-state index in [1.54, 1.807) is 54.6 Å². The van der Waals surface area contributed by atoms with Crippen molar-refractivity contribution in [3.8, 4) is 11.5 Å². The van der Waals surface area contributed by atoms with E-state index in [1.165, 1.54) is 0 Å². The van der Waals surface area contributed by atoms with Gasteiger partial charge in [-0.3, -0.25) is 4.79 Å². The monoisotopic (exact) mass is 556 g/mol. The topological polar surface area (TPSA) is 67.9 Å². The van der Waals surface area contributed by atoms with Crippen molar-refractivity contribution >= 4 is 58.5 Å². The van der Waals surface area contributed by atoms with Gasteiger partial charge in [-0.1, -0.05) is 46.9 Å². The molecule has 0 bridgehead atoms. The summed E-state index contributed by atoms with van der Waals surface area (Å²) in [6, 6.07) is 14.8. The van der Waals surface area contributed by atoms with Gasteiger partial charge in [0, 0.05) is 10.6 Å². The molecule has 9 heteroatoms. The Balaban J connectivity index is 1.65.